The average molecular weight is 455 g/mol. The van der Waals surface area contributed by atoms with Gasteiger partial charge in [0.05, 0.1) is 12.2 Å². The summed E-state index contributed by atoms with van der Waals surface area (Å²) < 4.78 is 18.9. The van der Waals surface area contributed by atoms with Crippen molar-refractivity contribution >= 4 is 6.08 Å². The molecule has 1 unspecified atom stereocenters. The molecule has 2 aliphatic heterocycles. The van der Waals surface area contributed by atoms with Gasteiger partial charge in [0.25, 0.3) is 0 Å². The second kappa shape index (κ2) is 9.58. The summed E-state index contributed by atoms with van der Waals surface area (Å²) in [7, 11) is 0. The minimum Gasteiger partial charge on any atom is -0.492 e. The second-order valence-corrected chi connectivity index (χ2v) is 9.97. The molecule has 34 heavy (non-hydrogen) atoms. The lowest BCUT2D eigenvalue weighted by molar-refractivity contribution is 0.157. The largest absolute Gasteiger partial charge is 0.492 e. The minimum atomic E-state index is -0.289. The molecule has 3 nitrogen and oxygen atoms in total. The van der Waals surface area contributed by atoms with Crippen molar-refractivity contribution in [2.75, 3.05) is 6.61 Å². The summed E-state index contributed by atoms with van der Waals surface area (Å²) in [5, 5.41) is 0. The summed E-state index contributed by atoms with van der Waals surface area (Å²) in [5.74, 6) is 3.10. The van der Waals surface area contributed by atoms with Crippen LogP contribution in [0, 0.1) is 0 Å². The van der Waals surface area contributed by atoms with E-state index in [4.69, 9.17) is 14.2 Å². The molecule has 5 rings (SSSR count). The maximum absolute atomic E-state index is 6.41. The number of ether oxygens (including phenoxy) is 3. The third-order valence-corrected chi connectivity index (χ3v) is 6.73. The highest BCUT2D eigenvalue weighted by Crippen LogP contribution is 2.44. The van der Waals surface area contributed by atoms with Crippen molar-refractivity contribution in [1.82, 2.24) is 0 Å². The van der Waals surface area contributed by atoms with Gasteiger partial charge in [-0.2, -0.15) is 0 Å². The Morgan fingerprint density at radius 2 is 1.85 bits per heavy atom. The maximum atomic E-state index is 6.41. The van der Waals surface area contributed by atoms with Crippen molar-refractivity contribution < 1.29 is 14.2 Å². The van der Waals surface area contributed by atoms with Gasteiger partial charge in [0.2, 0.25) is 0 Å². The molecule has 0 saturated heterocycles. The molecule has 2 aliphatic rings. The van der Waals surface area contributed by atoms with Crippen molar-refractivity contribution in [3.63, 3.8) is 0 Å². The Bertz CT molecular complexity index is 1180. The molecule has 2 heterocycles. The monoisotopic (exact) mass is 454 g/mol. The lowest BCUT2D eigenvalue weighted by Gasteiger charge is -2.32. The van der Waals surface area contributed by atoms with Crippen molar-refractivity contribution in [2.45, 2.75) is 64.6 Å². The molecule has 0 bridgehead atoms. The Labute approximate surface area is 203 Å². The van der Waals surface area contributed by atoms with Crippen LogP contribution in [0.4, 0.5) is 0 Å². The topological polar surface area (TPSA) is 27.7 Å². The molecule has 0 spiro atoms. The molecule has 3 aromatic rings. The smallest absolute Gasteiger partial charge is 0.133 e. The highest BCUT2D eigenvalue weighted by Gasteiger charge is 2.30. The molecule has 0 amide bonds. The van der Waals surface area contributed by atoms with E-state index in [-0.39, 0.29) is 11.5 Å². The molecule has 3 aromatic carbocycles. The van der Waals surface area contributed by atoms with Crippen molar-refractivity contribution in [2.24, 2.45) is 0 Å². The molecule has 0 aromatic heterocycles. The summed E-state index contributed by atoms with van der Waals surface area (Å²) in [5.41, 5.74) is 5.75. The van der Waals surface area contributed by atoms with Crippen LogP contribution in [0.3, 0.4) is 0 Å². The fourth-order valence-corrected chi connectivity index (χ4v) is 4.83. The first kappa shape index (κ1) is 22.6. The average Bonchev–Trinajstić information content (AvgIpc) is 2.85. The molecule has 176 valence electrons. The third kappa shape index (κ3) is 4.84. The van der Waals surface area contributed by atoms with E-state index in [9.17, 15) is 0 Å². The van der Waals surface area contributed by atoms with Crippen molar-refractivity contribution in [1.29, 1.82) is 0 Å². The van der Waals surface area contributed by atoms with Crippen LogP contribution in [-0.2, 0) is 19.4 Å². The van der Waals surface area contributed by atoms with E-state index >= 15 is 0 Å². The minimum absolute atomic E-state index is 0.251. The fourth-order valence-electron chi connectivity index (χ4n) is 4.83. The first-order chi connectivity index (χ1) is 16.5. The van der Waals surface area contributed by atoms with E-state index in [1.807, 2.05) is 6.07 Å². The molecule has 0 saturated carbocycles. The quantitative estimate of drug-likeness (QED) is 0.370. The highest BCUT2D eigenvalue weighted by molar-refractivity contribution is 5.69. The highest BCUT2D eigenvalue weighted by atomic mass is 16.5. The maximum Gasteiger partial charge on any atom is 0.133 e. The summed E-state index contributed by atoms with van der Waals surface area (Å²) >= 11 is 0. The van der Waals surface area contributed by atoms with Crippen LogP contribution in [0.1, 0.15) is 67.3 Å². The Balaban J connectivity index is 1.41. The number of aryl methyl sites for hydroxylation is 1. The Hall–Kier alpha value is -3.20. The van der Waals surface area contributed by atoms with E-state index in [1.54, 1.807) is 0 Å². The van der Waals surface area contributed by atoms with Gasteiger partial charge in [-0.05, 0) is 74.1 Å². The zero-order chi connectivity index (χ0) is 23.5. The predicted molar refractivity (Wildman–Crippen MR) is 138 cm³/mol. The third-order valence-electron chi connectivity index (χ3n) is 6.73. The number of rotatable bonds is 7. The zero-order valence-electron chi connectivity index (χ0n) is 20.5. The van der Waals surface area contributed by atoms with Gasteiger partial charge < -0.3 is 14.2 Å². The molecular weight excluding hydrogens is 420 g/mol. The van der Waals surface area contributed by atoms with Gasteiger partial charge in [0.15, 0.2) is 0 Å². The molecule has 1 atom stereocenters. The Morgan fingerprint density at radius 1 is 1.00 bits per heavy atom. The summed E-state index contributed by atoms with van der Waals surface area (Å²) in [6.45, 7) is 7.59. The second-order valence-electron chi connectivity index (χ2n) is 9.97. The van der Waals surface area contributed by atoms with E-state index in [1.165, 1.54) is 35.1 Å². The van der Waals surface area contributed by atoms with Gasteiger partial charge in [0, 0.05) is 11.5 Å². The van der Waals surface area contributed by atoms with Gasteiger partial charge >= 0.3 is 0 Å². The van der Waals surface area contributed by atoms with E-state index in [0.717, 1.165) is 35.7 Å². The number of hydrogen-bond acceptors (Lipinski definition) is 3. The lowest BCUT2D eigenvalue weighted by atomic mass is 9.87. The Morgan fingerprint density at radius 3 is 2.68 bits per heavy atom. The first-order valence-electron chi connectivity index (χ1n) is 12.5. The summed E-state index contributed by atoms with van der Waals surface area (Å²) in [4.78, 5) is 0. The van der Waals surface area contributed by atoms with Gasteiger partial charge in [-0.3, -0.25) is 0 Å². The van der Waals surface area contributed by atoms with Crippen molar-refractivity contribution in [3.8, 4) is 17.2 Å². The fraction of sp³-hybridized carbons (Fsp3) is 0.355. The number of benzene rings is 3. The molecule has 0 N–H and O–H groups in total. The van der Waals surface area contributed by atoms with Crippen LogP contribution < -0.4 is 14.2 Å². The van der Waals surface area contributed by atoms with Crippen LogP contribution >= 0.6 is 0 Å². The number of fused-ring (bicyclic) bond motifs is 3. The molecular formula is C31H34O3. The van der Waals surface area contributed by atoms with Gasteiger partial charge in [-0.1, -0.05) is 61.9 Å². The van der Waals surface area contributed by atoms with Crippen LogP contribution in [0.2, 0.25) is 0 Å². The summed E-state index contributed by atoms with van der Waals surface area (Å²) in [6.07, 6.45) is 8.64. The van der Waals surface area contributed by atoms with Gasteiger partial charge in [0.1, 0.15) is 29.5 Å². The number of unbranched alkanes of at least 4 members (excludes halogenated alkanes) is 1. The molecule has 0 radical (unpaired) electrons. The van der Waals surface area contributed by atoms with E-state index in [2.05, 4.69) is 87.5 Å². The van der Waals surface area contributed by atoms with E-state index < -0.39 is 0 Å². The zero-order valence-corrected chi connectivity index (χ0v) is 20.5. The van der Waals surface area contributed by atoms with Crippen LogP contribution in [-0.4, -0.2) is 12.2 Å². The van der Waals surface area contributed by atoms with E-state index in [0.29, 0.717) is 13.2 Å². The van der Waals surface area contributed by atoms with Crippen LogP contribution in [0.5, 0.6) is 17.2 Å². The number of hydrogen-bond donors (Lipinski definition) is 0. The molecule has 0 fully saturated rings. The van der Waals surface area contributed by atoms with Gasteiger partial charge in [-0.15, -0.1) is 0 Å². The molecule has 3 heteroatoms. The van der Waals surface area contributed by atoms with Crippen LogP contribution in [0.25, 0.3) is 6.08 Å². The molecule has 0 aliphatic carbocycles. The SMILES string of the molecule is CCCCc1ccc(C2COc3c(ccc4c3C=CC(C)(C)O4)C2)c(OCc2ccccc2)c1. The lowest BCUT2D eigenvalue weighted by Crippen LogP contribution is -2.28. The van der Waals surface area contributed by atoms with Gasteiger partial charge in [-0.25, -0.2) is 0 Å². The summed E-state index contributed by atoms with van der Waals surface area (Å²) in [6, 6.07) is 21.4. The Kier molecular flexibility index (Phi) is 6.36. The van der Waals surface area contributed by atoms with Crippen molar-refractivity contribution in [3.05, 3.63) is 94.6 Å². The normalized spacial score (nSPS) is 17.8. The standard InChI is InChI=1S/C31H34O3/c1-4-5-9-22-12-14-26(29(18-22)32-20-23-10-7-6-8-11-23)25-19-24-13-15-28-27(30(24)33-21-25)16-17-31(2,3)34-28/h6-8,10-18,25H,4-5,9,19-21H2,1-3H3. The van der Waals surface area contributed by atoms with Crippen LogP contribution in [0.15, 0.2) is 66.7 Å². The first-order valence-corrected chi connectivity index (χ1v) is 12.5. The predicted octanol–water partition coefficient (Wildman–Crippen LogP) is 7.51.